The molecule has 1 aliphatic rings. The number of rotatable bonds is 8. The quantitative estimate of drug-likeness (QED) is 0.192. The number of aliphatic carboxylic acids is 1. The fourth-order valence-corrected chi connectivity index (χ4v) is 6.44. The molecule has 1 saturated carbocycles. The van der Waals surface area contributed by atoms with Gasteiger partial charge in [-0.15, -0.1) is 0 Å². The number of Topliss-reactive ketones (excluding diaryl/α,β-unsaturated/α-hetero) is 1. The van der Waals surface area contributed by atoms with E-state index >= 15 is 0 Å². The summed E-state index contributed by atoms with van der Waals surface area (Å²) in [6.45, 7) is 0. The van der Waals surface area contributed by atoms with Crippen LogP contribution in [0.4, 0.5) is 0 Å². The first kappa shape index (κ1) is 30.5. The average Bonchev–Trinajstić information content (AvgIpc) is 3.77. The van der Waals surface area contributed by atoms with E-state index in [1.165, 1.54) is 0 Å². The number of hydrogen-bond acceptors (Lipinski definition) is 5. The highest BCUT2D eigenvalue weighted by molar-refractivity contribution is 5.84. The summed E-state index contributed by atoms with van der Waals surface area (Å²) in [5, 5.41) is 18.1. The molecule has 0 amide bonds. The van der Waals surface area contributed by atoms with Crippen molar-refractivity contribution in [1.29, 1.82) is 5.26 Å². The molecule has 1 fully saturated rings. The van der Waals surface area contributed by atoms with Gasteiger partial charge in [0.2, 0.25) is 0 Å². The molecule has 7 rings (SSSR count). The van der Waals surface area contributed by atoms with Crippen LogP contribution in [-0.4, -0.2) is 35.6 Å². The predicted octanol–water partition coefficient (Wildman–Crippen LogP) is 7.46. The van der Waals surface area contributed by atoms with Gasteiger partial charge >= 0.3 is 5.97 Å². The molecule has 46 heavy (non-hydrogen) atoms. The monoisotopic (exact) mass is 609 g/mol. The van der Waals surface area contributed by atoms with Gasteiger partial charge in [-0.05, 0) is 54.9 Å². The van der Waals surface area contributed by atoms with E-state index in [1.807, 2.05) is 81.7 Å². The molecule has 2 aromatic carbocycles. The molecule has 1 aliphatic carbocycles. The standard InChI is InChI=1S/C23H23N3O.C15H12N2O2/c24-14-18-8-6-17(7-9-18)12-21(27)13-23-22(19-4-2-1-3-5-19)11-10-20-15-25-16-26(20)23;18-15(19)8-14-13(11-4-2-1-3-5-11)7-6-12-9-16-10-17(12)14/h1-5,10-11,15-18H,6-9,12-13H2;1-7,9-10H,8H2,(H,18,19). The first-order valence-electron chi connectivity index (χ1n) is 15.6. The fraction of sp³-hybridized carbons (Fsp3) is 0.237. The number of carbonyl (C=O) groups is 2. The van der Waals surface area contributed by atoms with Gasteiger partial charge in [-0.1, -0.05) is 72.8 Å². The molecule has 8 heteroatoms. The molecule has 4 heterocycles. The second kappa shape index (κ2) is 14.0. The summed E-state index contributed by atoms with van der Waals surface area (Å²) >= 11 is 0. The lowest BCUT2D eigenvalue weighted by Crippen LogP contribution is -2.18. The van der Waals surface area contributed by atoms with E-state index in [0.717, 1.165) is 70.4 Å². The number of carboxylic acids is 1. The van der Waals surface area contributed by atoms with Crippen LogP contribution in [0, 0.1) is 23.2 Å². The number of pyridine rings is 2. The van der Waals surface area contributed by atoms with Crippen molar-refractivity contribution in [2.45, 2.75) is 44.9 Å². The fourth-order valence-electron chi connectivity index (χ4n) is 6.44. The molecule has 0 aliphatic heterocycles. The minimum absolute atomic E-state index is 0.0298. The van der Waals surface area contributed by atoms with E-state index in [0.29, 0.717) is 18.8 Å². The van der Waals surface area contributed by atoms with E-state index in [1.54, 1.807) is 18.9 Å². The third-order valence-corrected chi connectivity index (χ3v) is 8.78. The molecule has 0 unspecified atom stereocenters. The van der Waals surface area contributed by atoms with E-state index in [-0.39, 0.29) is 18.1 Å². The van der Waals surface area contributed by atoms with Crippen molar-refractivity contribution in [1.82, 2.24) is 18.8 Å². The number of nitrogens with zero attached hydrogens (tertiary/aromatic N) is 5. The third kappa shape index (κ3) is 6.89. The summed E-state index contributed by atoms with van der Waals surface area (Å²) < 4.78 is 3.86. The zero-order valence-corrected chi connectivity index (χ0v) is 25.5. The number of carbonyl (C=O) groups excluding carboxylic acids is 1. The maximum absolute atomic E-state index is 12.9. The van der Waals surface area contributed by atoms with Gasteiger partial charge in [0.25, 0.3) is 0 Å². The molecular formula is C38H35N5O3. The van der Waals surface area contributed by atoms with Gasteiger partial charge in [0.15, 0.2) is 0 Å². The van der Waals surface area contributed by atoms with Crippen LogP contribution < -0.4 is 0 Å². The number of hydrogen-bond donors (Lipinski definition) is 1. The van der Waals surface area contributed by atoms with E-state index in [4.69, 9.17) is 10.4 Å². The van der Waals surface area contributed by atoms with Gasteiger partial charge in [0.1, 0.15) is 5.78 Å². The zero-order valence-electron chi connectivity index (χ0n) is 25.5. The van der Waals surface area contributed by atoms with E-state index < -0.39 is 5.97 Å². The van der Waals surface area contributed by atoms with Crippen LogP contribution in [0.2, 0.25) is 0 Å². The number of aromatic nitrogens is 4. The van der Waals surface area contributed by atoms with Crippen molar-refractivity contribution in [3.8, 4) is 28.3 Å². The maximum atomic E-state index is 12.9. The predicted molar refractivity (Wildman–Crippen MR) is 177 cm³/mol. The minimum atomic E-state index is -0.849. The van der Waals surface area contributed by atoms with Crippen molar-refractivity contribution >= 4 is 22.8 Å². The van der Waals surface area contributed by atoms with Gasteiger partial charge in [-0.25, -0.2) is 9.97 Å². The van der Waals surface area contributed by atoms with Crippen LogP contribution in [0.25, 0.3) is 33.3 Å². The highest BCUT2D eigenvalue weighted by atomic mass is 16.4. The van der Waals surface area contributed by atoms with Gasteiger partial charge in [0, 0.05) is 41.3 Å². The Hall–Kier alpha value is -5.55. The average molecular weight is 610 g/mol. The summed E-state index contributed by atoms with van der Waals surface area (Å²) in [7, 11) is 0. The number of benzene rings is 2. The van der Waals surface area contributed by atoms with Crippen molar-refractivity contribution in [3.05, 3.63) is 121 Å². The molecule has 0 radical (unpaired) electrons. The molecule has 230 valence electrons. The van der Waals surface area contributed by atoms with Gasteiger partial charge in [-0.3, -0.25) is 9.59 Å². The third-order valence-electron chi connectivity index (χ3n) is 8.78. The lowest BCUT2D eigenvalue weighted by atomic mass is 9.80. The summed E-state index contributed by atoms with van der Waals surface area (Å²) in [5.41, 5.74) is 7.79. The number of imidazole rings is 2. The lowest BCUT2D eigenvalue weighted by Gasteiger charge is -2.24. The largest absolute Gasteiger partial charge is 0.481 e. The van der Waals surface area contributed by atoms with Gasteiger partial charge in [-0.2, -0.15) is 5.26 Å². The Morgan fingerprint density at radius 1 is 0.717 bits per heavy atom. The van der Waals surface area contributed by atoms with Crippen LogP contribution in [0.3, 0.4) is 0 Å². The van der Waals surface area contributed by atoms with E-state index in [2.05, 4.69) is 34.2 Å². The van der Waals surface area contributed by atoms with Crippen molar-refractivity contribution in [2.75, 3.05) is 0 Å². The second-order valence-electron chi connectivity index (χ2n) is 11.8. The van der Waals surface area contributed by atoms with Crippen LogP contribution in [0.15, 0.2) is 110 Å². The summed E-state index contributed by atoms with van der Waals surface area (Å²) in [5.74, 6) is 0.0252. The molecule has 4 aromatic heterocycles. The van der Waals surface area contributed by atoms with Gasteiger partial charge < -0.3 is 13.9 Å². The molecule has 6 aromatic rings. The number of fused-ring (bicyclic) bond motifs is 2. The Balaban J connectivity index is 0.000000172. The molecule has 0 saturated heterocycles. The first-order chi connectivity index (χ1) is 22.5. The normalized spacial score (nSPS) is 16.0. The molecular weight excluding hydrogens is 574 g/mol. The highest BCUT2D eigenvalue weighted by Crippen LogP contribution is 2.32. The Bertz CT molecular complexity index is 2000. The number of nitriles is 1. The summed E-state index contributed by atoms with van der Waals surface area (Å²) in [4.78, 5) is 32.3. The Kier molecular flexibility index (Phi) is 9.30. The molecule has 8 nitrogen and oxygen atoms in total. The lowest BCUT2D eigenvalue weighted by molar-refractivity contribution is -0.136. The number of ketones is 1. The van der Waals surface area contributed by atoms with E-state index in [9.17, 15) is 9.59 Å². The SMILES string of the molecule is N#CC1CCC(CC(=O)Cc2c(-c3ccccc3)ccc3cncn23)CC1.O=C(O)Cc1c(-c2ccccc2)ccc2cncn12. The summed E-state index contributed by atoms with van der Waals surface area (Å²) in [6.07, 6.45) is 11.8. The Morgan fingerprint density at radius 2 is 1.22 bits per heavy atom. The second-order valence-corrected chi connectivity index (χ2v) is 11.8. The molecule has 0 bridgehead atoms. The highest BCUT2D eigenvalue weighted by Gasteiger charge is 2.24. The molecule has 0 atom stereocenters. The Labute approximate surface area is 267 Å². The first-order valence-corrected chi connectivity index (χ1v) is 15.6. The Morgan fingerprint density at radius 3 is 1.70 bits per heavy atom. The minimum Gasteiger partial charge on any atom is -0.481 e. The van der Waals surface area contributed by atoms with Crippen molar-refractivity contribution < 1.29 is 14.7 Å². The van der Waals surface area contributed by atoms with Crippen molar-refractivity contribution in [2.24, 2.45) is 11.8 Å². The molecule has 1 N–H and O–H groups in total. The smallest absolute Gasteiger partial charge is 0.309 e. The molecule has 0 spiro atoms. The van der Waals surface area contributed by atoms with Crippen molar-refractivity contribution in [3.63, 3.8) is 0 Å². The maximum Gasteiger partial charge on any atom is 0.309 e. The van der Waals surface area contributed by atoms with Crippen LogP contribution in [-0.2, 0) is 22.4 Å². The topological polar surface area (TPSA) is 113 Å². The van der Waals surface area contributed by atoms with Crippen LogP contribution >= 0.6 is 0 Å². The number of carboxylic acid groups (broad SMARTS) is 1. The van der Waals surface area contributed by atoms with Gasteiger partial charge in [0.05, 0.1) is 48.6 Å². The summed E-state index contributed by atoms with van der Waals surface area (Å²) in [6, 6.07) is 30.4. The van der Waals surface area contributed by atoms with Crippen LogP contribution in [0.1, 0.15) is 43.5 Å². The zero-order chi connectivity index (χ0) is 31.9. The van der Waals surface area contributed by atoms with Crippen LogP contribution in [0.5, 0.6) is 0 Å².